The lowest BCUT2D eigenvalue weighted by atomic mass is 9.94. The van der Waals surface area contributed by atoms with Gasteiger partial charge in [-0.15, -0.1) is 0 Å². The first-order chi connectivity index (χ1) is 20.7. The average molecular weight is 644 g/mol. The van der Waals surface area contributed by atoms with Gasteiger partial charge in [0.2, 0.25) is 10.0 Å². The van der Waals surface area contributed by atoms with Crippen molar-refractivity contribution in [3.05, 3.63) is 95.0 Å². The number of benzene rings is 3. The van der Waals surface area contributed by atoms with Crippen LogP contribution in [-0.4, -0.2) is 73.4 Å². The quantitative estimate of drug-likeness (QED) is 0.286. The summed E-state index contributed by atoms with van der Waals surface area (Å²) < 4.78 is 33.6. The van der Waals surface area contributed by atoms with Crippen molar-refractivity contribution in [2.75, 3.05) is 59.2 Å². The first-order valence-electron chi connectivity index (χ1n) is 14.0. The van der Waals surface area contributed by atoms with E-state index in [1.165, 1.54) is 21.6 Å². The van der Waals surface area contributed by atoms with Gasteiger partial charge < -0.3 is 19.6 Å². The van der Waals surface area contributed by atoms with Gasteiger partial charge in [0.05, 0.1) is 18.0 Å². The Morgan fingerprint density at radius 1 is 0.860 bits per heavy atom. The number of sulfonamides is 1. The molecule has 0 amide bonds. The highest BCUT2D eigenvalue weighted by Gasteiger charge is 2.34. The molecule has 226 valence electrons. The van der Waals surface area contributed by atoms with Gasteiger partial charge in [-0.2, -0.15) is 5.10 Å². The highest BCUT2D eigenvalue weighted by Crippen LogP contribution is 2.33. The smallest absolute Gasteiger partial charge is 0.235 e. The lowest BCUT2D eigenvalue weighted by Gasteiger charge is -2.37. The van der Waals surface area contributed by atoms with E-state index in [1.54, 1.807) is 18.2 Å². The number of rotatable bonds is 9. The van der Waals surface area contributed by atoms with Crippen molar-refractivity contribution in [1.82, 2.24) is 14.8 Å². The number of ether oxygens (including phenoxy) is 1. The molecule has 1 unspecified atom stereocenters. The van der Waals surface area contributed by atoms with E-state index in [4.69, 9.17) is 27.9 Å². The number of nitrogens with zero attached hydrogens (tertiary/aromatic N) is 6. The Bertz CT molecular complexity index is 1650. The summed E-state index contributed by atoms with van der Waals surface area (Å²) in [6, 6.07) is 20.6. The number of anilines is 3. The molecule has 0 saturated carbocycles. The molecule has 3 aromatic carbocycles. The minimum absolute atomic E-state index is 0.0608. The van der Waals surface area contributed by atoms with E-state index >= 15 is 0 Å². The Morgan fingerprint density at radius 3 is 2.05 bits per heavy atom. The third-order valence-electron chi connectivity index (χ3n) is 7.88. The average Bonchev–Trinajstić information content (AvgIpc) is 3.65. The van der Waals surface area contributed by atoms with Crippen LogP contribution in [0.25, 0.3) is 0 Å². The Morgan fingerprint density at radius 2 is 1.49 bits per heavy atom. The van der Waals surface area contributed by atoms with Crippen LogP contribution in [0.5, 0.6) is 5.75 Å². The first kappa shape index (κ1) is 29.6. The molecule has 3 heterocycles. The Kier molecular flexibility index (Phi) is 8.41. The van der Waals surface area contributed by atoms with E-state index in [2.05, 4.69) is 19.9 Å². The van der Waals surface area contributed by atoms with E-state index < -0.39 is 15.6 Å². The molecule has 2 aliphatic heterocycles. The number of hydrogen-bond donors (Lipinski definition) is 1. The molecule has 2 saturated heterocycles. The largest absolute Gasteiger partial charge is 0.490 e. The molecular formula is C30H32Cl2N6O4S. The Hall–Kier alpha value is -3.51. The second-order valence-electron chi connectivity index (χ2n) is 10.8. The van der Waals surface area contributed by atoms with Crippen molar-refractivity contribution in [2.24, 2.45) is 0 Å². The van der Waals surface area contributed by atoms with Crippen LogP contribution in [0.1, 0.15) is 12.0 Å². The van der Waals surface area contributed by atoms with Gasteiger partial charge >= 0.3 is 0 Å². The standard InChI is InChI=1S/C30H32Cl2N6O4S/c31-23-2-11-28(29(32)18-23)30(39,19-37-22-33-21-34-37)20-42-27-9-7-25(8-10-27)36-15-13-35(14-16-36)24-3-5-26(6-4-24)38-12-1-17-43(38,40)41/h2-11,18,21-22,39H,1,12-17,19-20H2. The van der Waals surface area contributed by atoms with Gasteiger partial charge in [0.15, 0.2) is 0 Å². The van der Waals surface area contributed by atoms with Crippen LogP contribution in [0.2, 0.25) is 10.0 Å². The second-order valence-corrected chi connectivity index (χ2v) is 13.6. The zero-order valence-corrected chi connectivity index (χ0v) is 25.7. The molecule has 1 atom stereocenters. The summed E-state index contributed by atoms with van der Waals surface area (Å²) in [5, 5.41) is 16.6. The summed E-state index contributed by atoms with van der Waals surface area (Å²) in [5.74, 6) is 0.832. The summed E-state index contributed by atoms with van der Waals surface area (Å²) >= 11 is 12.5. The minimum atomic E-state index is -3.18. The highest BCUT2D eigenvalue weighted by atomic mass is 35.5. The van der Waals surface area contributed by atoms with Gasteiger partial charge in [0.1, 0.15) is 30.6 Å². The van der Waals surface area contributed by atoms with E-state index in [0.717, 1.165) is 43.2 Å². The molecule has 13 heteroatoms. The Labute approximate surface area is 261 Å². The number of piperazine rings is 1. The molecule has 0 radical (unpaired) electrons. The van der Waals surface area contributed by atoms with Crippen molar-refractivity contribution in [2.45, 2.75) is 18.6 Å². The molecule has 6 rings (SSSR count). The van der Waals surface area contributed by atoms with Gasteiger partial charge in [0.25, 0.3) is 0 Å². The summed E-state index contributed by atoms with van der Waals surface area (Å²) in [4.78, 5) is 8.60. The third-order valence-corrected chi connectivity index (χ3v) is 10.3. The molecule has 0 aliphatic carbocycles. The maximum Gasteiger partial charge on any atom is 0.235 e. The maximum atomic E-state index is 12.2. The predicted octanol–water partition coefficient (Wildman–Crippen LogP) is 4.42. The predicted molar refractivity (Wildman–Crippen MR) is 169 cm³/mol. The van der Waals surface area contributed by atoms with Gasteiger partial charge in [0, 0.05) is 59.7 Å². The van der Waals surface area contributed by atoms with Crippen molar-refractivity contribution in [3.8, 4) is 5.75 Å². The zero-order chi connectivity index (χ0) is 30.0. The molecule has 4 aromatic rings. The van der Waals surface area contributed by atoms with Crippen molar-refractivity contribution >= 4 is 50.3 Å². The summed E-state index contributed by atoms with van der Waals surface area (Å²) in [7, 11) is -3.18. The molecule has 2 aliphatic rings. The van der Waals surface area contributed by atoms with E-state index in [1.807, 2.05) is 48.5 Å². The van der Waals surface area contributed by atoms with Crippen LogP contribution >= 0.6 is 23.2 Å². The van der Waals surface area contributed by atoms with Crippen molar-refractivity contribution in [1.29, 1.82) is 0 Å². The van der Waals surface area contributed by atoms with Crippen molar-refractivity contribution < 1.29 is 18.3 Å². The molecule has 1 N–H and O–H groups in total. The van der Waals surface area contributed by atoms with Crippen LogP contribution in [0, 0.1) is 0 Å². The fourth-order valence-corrected chi connectivity index (χ4v) is 7.74. The summed E-state index contributed by atoms with van der Waals surface area (Å²) in [6.45, 7) is 3.95. The zero-order valence-electron chi connectivity index (χ0n) is 23.4. The summed E-state index contributed by atoms with van der Waals surface area (Å²) in [6.07, 6.45) is 3.60. The molecule has 43 heavy (non-hydrogen) atoms. The lowest BCUT2D eigenvalue weighted by molar-refractivity contribution is -0.0269. The summed E-state index contributed by atoms with van der Waals surface area (Å²) in [5.41, 5.74) is 1.91. The fraction of sp³-hybridized carbons (Fsp3) is 0.333. The second kappa shape index (κ2) is 12.2. The van der Waals surface area contributed by atoms with E-state index in [-0.39, 0.29) is 18.9 Å². The van der Waals surface area contributed by atoms with Crippen molar-refractivity contribution in [3.63, 3.8) is 0 Å². The van der Waals surface area contributed by atoms with Gasteiger partial charge in [-0.1, -0.05) is 29.3 Å². The monoisotopic (exact) mass is 642 g/mol. The van der Waals surface area contributed by atoms with Gasteiger partial charge in [-0.05, 0) is 67.1 Å². The van der Waals surface area contributed by atoms with Gasteiger partial charge in [-0.3, -0.25) is 4.31 Å². The van der Waals surface area contributed by atoms with Gasteiger partial charge in [-0.25, -0.2) is 18.1 Å². The van der Waals surface area contributed by atoms with Crippen LogP contribution < -0.4 is 18.8 Å². The van der Waals surface area contributed by atoms with Crippen LogP contribution in [0.3, 0.4) is 0 Å². The molecule has 0 bridgehead atoms. The first-order valence-corrected chi connectivity index (χ1v) is 16.4. The lowest BCUT2D eigenvalue weighted by Crippen LogP contribution is -2.46. The maximum absolute atomic E-state index is 12.2. The number of aromatic nitrogens is 3. The van der Waals surface area contributed by atoms with Crippen LogP contribution in [0.15, 0.2) is 79.4 Å². The van der Waals surface area contributed by atoms with E-state index in [9.17, 15) is 13.5 Å². The van der Waals surface area contributed by atoms with Crippen LogP contribution in [0.4, 0.5) is 17.1 Å². The molecule has 10 nitrogen and oxygen atoms in total. The Balaban J connectivity index is 1.07. The molecule has 2 fully saturated rings. The minimum Gasteiger partial charge on any atom is -0.490 e. The molecular weight excluding hydrogens is 611 g/mol. The number of aliphatic hydroxyl groups is 1. The molecule has 1 aromatic heterocycles. The van der Waals surface area contributed by atoms with Crippen LogP contribution in [-0.2, 0) is 22.2 Å². The highest BCUT2D eigenvalue weighted by molar-refractivity contribution is 7.93. The topological polar surface area (TPSA) is 104 Å². The SMILES string of the molecule is O=S1(=O)CCCN1c1ccc(N2CCN(c3ccc(OCC(O)(Cn4cncn4)c4ccc(Cl)cc4Cl)cc3)CC2)cc1. The molecule has 0 spiro atoms. The number of hydrogen-bond acceptors (Lipinski definition) is 8. The normalized spacial score (nSPS) is 18.1. The van der Waals surface area contributed by atoms with E-state index in [0.29, 0.717) is 34.3 Å². The third kappa shape index (κ3) is 6.54. The number of halogens is 2. The fourth-order valence-electron chi connectivity index (χ4n) is 5.60.